The molecule has 1 fully saturated rings. The standard InChI is InChI=1S/C33H35N3O4/c1-3-6-31(37)34-26-14-10-25(11-15-26)33-29-18-9-23(20-30(29)36(35-33)27-7-4-5-8-27)21-40-28-16-12-24(13-17-28)22(2)19-32(38)39/h3,9-18,20,22,27H,1,4-8,19,21H2,2H3,(H,34,37)(H,38,39). The van der Waals surface area contributed by atoms with E-state index in [1.165, 1.54) is 12.8 Å². The molecule has 5 rings (SSSR count). The Hall–Kier alpha value is -4.39. The molecule has 1 aromatic heterocycles. The van der Waals surface area contributed by atoms with Gasteiger partial charge in [-0.25, -0.2) is 0 Å². The van der Waals surface area contributed by atoms with Crippen LogP contribution >= 0.6 is 0 Å². The molecule has 2 N–H and O–H groups in total. The van der Waals surface area contributed by atoms with Crippen LogP contribution in [-0.4, -0.2) is 26.8 Å². The number of aromatic nitrogens is 2. The zero-order valence-corrected chi connectivity index (χ0v) is 22.8. The number of amides is 1. The first kappa shape index (κ1) is 27.2. The number of carbonyl (C=O) groups is 2. The molecule has 1 heterocycles. The monoisotopic (exact) mass is 537 g/mol. The minimum absolute atomic E-state index is 0.0498. The van der Waals surface area contributed by atoms with Crippen molar-refractivity contribution in [3.05, 3.63) is 90.5 Å². The van der Waals surface area contributed by atoms with Crippen molar-refractivity contribution in [1.29, 1.82) is 0 Å². The van der Waals surface area contributed by atoms with Gasteiger partial charge in [0.15, 0.2) is 0 Å². The lowest BCUT2D eigenvalue weighted by atomic mass is 9.98. The van der Waals surface area contributed by atoms with E-state index in [-0.39, 0.29) is 24.7 Å². The number of anilines is 1. The van der Waals surface area contributed by atoms with Crippen LogP contribution in [0.2, 0.25) is 0 Å². The van der Waals surface area contributed by atoms with Crippen molar-refractivity contribution < 1.29 is 19.4 Å². The highest BCUT2D eigenvalue weighted by molar-refractivity contribution is 5.95. The maximum absolute atomic E-state index is 11.9. The van der Waals surface area contributed by atoms with Crippen molar-refractivity contribution in [2.45, 2.75) is 64.0 Å². The molecule has 1 saturated carbocycles. The summed E-state index contributed by atoms with van der Waals surface area (Å²) < 4.78 is 8.28. The summed E-state index contributed by atoms with van der Waals surface area (Å²) in [5.74, 6) is -0.187. The third-order valence-corrected chi connectivity index (χ3v) is 7.55. The quantitative estimate of drug-likeness (QED) is 0.193. The lowest BCUT2D eigenvalue weighted by Gasteiger charge is -2.13. The molecule has 3 aromatic carbocycles. The van der Waals surface area contributed by atoms with Crippen LogP contribution in [0.4, 0.5) is 5.69 Å². The van der Waals surface area contributed by atoms with E-state index in [1.54, 1.807) is 6.08 Å². The number of hydrogen-bond donors (Lipinski definition) is 2. The highest BCUT2D eigenvalue weighted by Crippen LogP contribution is 2.36. The van der Waals surface area contributed by atoms with Crippen molar-refractivity contribution in [2.75, 3.05) is 5.32 Å². The molecule has 7 nitrogen and oxygen atoms in total. The van der Waals surface area contributed by atoms with Gasteiger partial charge in [-0.3, -0.25) is 14.3 Å². The number of aliphatic carboxylic acids is 1. The Kier molecular flexibility index (Phi) is 8.29. The second-order valence-electron chi connectivity index (χ2n) is 10.6. The van der Waals surface area contributed by atoms with Crippen LogP contribution in [0.5, 0.6) is 5.75 Å². The topological polar surface area (TPSA) is 93.5 Å². The Morgan fingerprint density at radius 1 is 1.10 bits per heavy atom. The van der Waals surface area contributed by atoms with Gasteiger partial charge in [0.05, 0.1) is 18.0 Å². The molecule has 1 amide bonds. The molecule has 1 aliphatic rings. The van der Waals surface area contributed by atoms with E-state index in [9.17, 15) is 9.59 Å². The van der Waals surface area contributed by atoms with Crippen LogP contribution in [-0.2, 0) is 16.2 Å². The Balaban J connectivity index is 1.37. The van der Waals surface area contributed by atoms with Crippen LogP contribution in [0.3, 0.4) is 0 Å². The molecule has 7 heteroatoms. The van der Waals surface area contributed by atoms with Crippen LogP contribution in [0.15, 0.2) is 79.4 Å². The number of rotatable bonds is 11. The van der Waals surface area contributed by atoms with Crippen molar-refractivity contribution in [2.24, 2.45) is 0 Å². The first-order chi connectivity index (χ1) is 19.4. The first-order valence-corrected chi connectivity index (χ1v) is 13.9. The second kappa shape index (κ2) is 12.2. The van der Waals surface area contributed by atoms with Crippen molar-refractivity contribution in [3.63, 3.8) is 0 Å². The minimum Gasteiger partial charge on any atom is -0.489 e. The van der Waals surface area contributed by atoms with Gasteiger partial charge in [0.25, 0.3) is 0 Å². The van der Waals surface area contributed by atoms with Crippen LogP contribution in [0, 0.1) is 0 Å². The summed E-state index contributed by atoms with van der Waals surface area (Å²) in [6.07, 6.45) is 6.64. The normalized spacial score (nSPS) is 14.2. The predicted octanol–water partition coefficient (Wildman–Crippen LogP) is 7.49. The second-order valence-corrected chi connectivity index (χ2v) is 10.6. The Morgan fingerprint density at radius 2 is 1.82 bits per heavy atom. The van der Waals surface area contributed by atoms with E-state index >= 15 is 0 Å². The molecule has 0 saturated heterocycles. The number of nitrogens with zero attached hydrogens (tertiary/aromatic N) is 2. The van der Waals surface area contributed by atoms with E-state index in [0.29, 0.717) is 12.6 Å². The highest BCUT2D eigenvalue weighted by atomic mass is 16.5. The molecular weight excluding hydrogens is 502 g/mol. The van der Waals surface area contributed by atoms with E-state index in [2.05, 4.69) is 34.8 Å². The Morgan fingerprint density at radius 3 is 2.50 bits per heavy atom. The molecular formula is C33H35N3O4. The molecule has 0 aliphatic heterocycles. The van der Waals surface area contributed by atoms with Gasteiger partial charge < -0.3 is 15.2 Å². The van der Waals surface area contributed by atoms with Crippen molar-refractivity contribution in [1.82, 2.24) is 9.78 Å². The third-order valence-electron chi connectivity index (χ3n) is 7.55. The van der Waals surface area contributed by atoms with Gasteiger partial charge in [0.2, 0.25) is 5.91 Å². The minimum atomic E-state index is -0.798. The number of ether oxygens (including phenoxy) is 1. The number of carboxylic acids is 1. The van der Waals surface area contributed by atoms with E-state index in [1.807, 2.05) is 55.5 Å². The summed E-state index contributed by atoms with van der Waals surface area (Å²) in [5.41, 5.74) is 5.83. The molecule has 0 spiro atoms. The summed E-state index contributed by atoms with van der Waals surface area (Å²) in [5, 5.41) is 18.1. The van der Waals surface area contributed by atoms with E-state index in [4.69, 9.17) is 14.9 Å². The number of benzene rings is 3. The fourth-order valence-electron chi connectivity index (χ4n) is 5.41. The van der Waals surface area contributed by atoms with E-state index in [0.717, 1.165) is 57.6 Å². The number of fused-ring (bicyclic) bond motifs is 1. The largest absolute Gasteiger partial charge is 0.489 e. The smallest absolute Gasteiger partial charge is 0.303 e. The lowest BCUT2D eigenvalue weighted by Crippen LogP contribution is -2.09. The zero-order valence-electron chi connectivity index (χ0n) is 22.8. The number of hydrogen-bond acceptors (Lipinski definition) is 4. The maximum atomic E-state index is 11.9. The molecule has 1 unspecified atom stereocenters. The number of carbonyl (C=O) groups excluding carboxylic acids is 1. The number of nitrogens with one attached hydrogen (secondary N) is 1. The maximum Gasteiger partial charge on any atom is 0.303 e. The third kappa shape index (κ3) is 6.25. The van der Waals surface area contributed by atoms with Crippen LogP contribution in [0.25, 0.3) is 22.2 Å². The van der Waals surface area contributed by atoms with Gasteiger partial charge >= 0.3 is 5.97 Å². The summed E-state index contributed by atoms with van der Waals surface area (Å²) >= 11 is 0. The molecule has 0 bridgehead atoms. The van der Waals surface area contributed by atoms with Crippen molar-refractivity contribution >= 4 is 28.5 Å². The highest BCUT2D eigenvalue weighted by Gasteiger charge is 2.22. The zero-order chi connectivity index (χ0) is 28.1. The average Bonchev–Trinajstić information content (AvgIpc) is 3.60. The van der Waals surface area contributed by atoms with Gasteiger partial charge in [0, 0.05) is 23.1 Å². The fraction of sp³-hybridized carbons (Fsp3) is 0.303. The average molecular weight is 538 g/mol. The Bertz CT molecular complexity index is 1500. The summed E-state index contributed by atoms with van der Waals surface area (Å²) in [4.78, 5) is 22.9. The summed E-state index contributed by atoms with van der Waals surface area (Å²) in [7, 11) is 0. The molecule has 4 aromatic rings. The Labute approximate surface area is 234 Å². The molecule has 0 radical (unpaired) electrons. The number of carboxylic acid groups (broad SMARTS) is 1. The van der Waals surface area contributed by atoms with E-state index < -0.39 is 5.97 Å². The summed E-state index contributed by atoms with van der Waals surface area (Å²) in [6, 6.07) is 22.3. The molecule has 206 valence electrons. The van der Waals surface area contributed by atoms with Crippen LogP contribution in [0.1, 0.15) is 68.5 Å². The van der Waals surface area contributed by atoms with Gasteiger partial charge in [-0.2, -0.15) is 5.10 Å². The molecule has 40 heavy (non-hydrogen) atoms. The van der Waals surface area contributed by atoms with Crippen LogP contribution < -0.4 is 10.1 Å². The summed E-state index contributed by atoms with van der Waals surface area (Å²) in [6.45, 7) is 5.95. The van der Waals surface area contributed by atoms with Gasteiger partial charge in [-0.05, 0) is 60.2 Å². The van der Waals surface area contributed by atoms with Gasteiger partial charge in [-0.1, -0.05) is 62.2 Å². The SMILES string of the molecule is C=CCC(=O)Nc1ccc(-c2nn(C3CCCC3)c3cc(COc4ccc(C(C)CC(=O)O)cc4)ccc23)cc1. The van der Waals surface area contributed by atoms with Crippen molar-refractivity contribution in [3.8, 4) is 17.0 Å². The molecule has 1 atom stereocenters. The fourth-order valence-corrected chi connectivity index (χ4v) is 5.41. The first-order valence-electron chi connectivity index (χ1n) is 13.9. The van der Waals surface area contributed by atoms with Gasteiger partial charge in [-0.15, -0.1) is 6.58 Å². The lowest BCUT2D eigenvalue weighted by molar-refractivity contribution is -0.137. The van der Waals surface area contributed by atoms with Gasteiger partial charge in [0.1, 0.15) is 18.1 Å². The predicted molar refractivity (Wildman–Crippen MR) is 158 cm³/mol. The molecule has 1 aliphatic carbocycles.